The van der Waals surface area contributed by atoms with Gasteiger partial charge >= 0.3 is 0 Å². The zero-order valence-electron chi connectivity index (χ0n) is 10.8. The molecule has 2 heteroatoms. The summed E-state index contributed by atoms with van der Waals surface area (Å²) >= 11 is 0. The fraction of sp³-hybridized carbons (Fsp3) is 0.600. The highest BCUT2D eigenvalue weighted by atomic mass is 15.1. The Bertz CT molecular complexity index is 317. The van der Waals surface area contributed by atoms with E-state index in [0.717, 1.165) is 12.5 Å². The van der Waals surface area contributed by atoms with Gasteiger partial charge < -0.3 is 10.6 Å². The Kier molecular flexibility index (Phi) is 4.43. The molecule has 0 aliphatic heterocycles. The second kappa shape index (κ2) is 6.06. The molecule has 0 radical (unpaired) electrons. The molecular formula is C15H24N2. The average Bonchev–Trinajstić information content (AvgIpc) is 2.42. The summed E-state index contributed by atoms with van der Waals surface area (Å²) in [5.41, 5.74) is 7.29. The molecule has 2 rings (SSSR count). The van der Waals surface area contributed by atoms with E-state index in [9.17, 15) is 0 Å². The van der Waals surface area contributed by atoms with Crippen molar-refractivity contribution < 1.29 is 0 Å². The monoisotopic (exact) mass is 232 g/mol. The van der Waals surface area contributed by atoms with E-state index in [1.54, 1.807) is 0 Å². The number of nitrogens with zero attached hydrogens (tertiary/aromatic N) is 1. The normalized spacial score (nSPS) is 18.9. The summed E-state index contributed by atoms with van der Waals surface area (Å²) in [6.07, 6.45) is 6.86. The van der Waals surface area contributed by atoms with Crippen LogP contribution in [-0.2, 0) is 0 Å². The Hall–Kier alpha value is -1.02. The maximum absolute atomic E-state index is 6.00. The summed E-state index contributed by atoms with van der Waals surface area (Å²) in [6, 6.07) is 11.1. The number of likely N-dealkylation sites (N-methyl/N-ethyl adjacent to an activating group) is 1. The first kappa shape index (κ1) is 12.4. The van der Waals surface area contributed by atoms with Crippen LogP contribution in [0.5, 0.6) is 0 Å². The van der Waals surface area contributed by atoms with Crippen molar-refractivity contribution in [2.45, 2.75) is 38.1 Å². The van der Waals surface area contributed by atoms with Gasteiger partial charge in [0.2, 0.25) is 0 Å². The molecular weight excluding hydrogens is 208 g/mol. The molecule has 1 aromatic rings. The van der Waals surface area contributed by atoms with Crippen LogP contribution in [0.15, 0.2) is 30.3 Å². The predicted molar refractivity (Wildman–Crippen MR) is 74.3 cm³/mol. The van der Waals surface area contributed by atoms with E-state index in [-0.39, 0.29) is 0 Å². The molecule has 2 N–H and O–H groups in total. The molecule has 1 fully saturated rings. The number of nitrogens with two attached hydrogens (primary N) is 1. The average molecular weight is 232 g/mol. The summed E-state index contributed by atoms with van der Waals surface area (Å²) < 4.78 is 0. The van der Waals surface area contributed by atoms with Crippen LogP contribution in [-0.4, -0.2) is 19.6 Å². The number of anilines is 1. The standard InChI is InChI=1S/C15H24N2/c1-17(14-10-6-3-7-11-14)15(12-16)13-8-4-2-5-9-13/h3,6-7,10-11,13,15H,2,4-5,8-9,12,16H2,1H3. The summed E-state index contributed by atoms with van der Waals surface area (Å²) in [5, 5.41) is 0. The second-order valence-electron chi connectivity index (χ2n) is 5.15. The van der Waals surface area contributed by atoms with Crippen molar-refractivity contribution in [3.8, 4) is 0 Å². The van der Waals surface area contributed by atoms with Crippen molar-refractivity contribution in [3.63, 3.8) is 0 Å². The Morgan fingerprint density at radius 2 is 1.82 bits per heavy atom. The van der Waals surface area contributed by atoms with Gasteiger partial charge in [0, 0.05) is 25.3 Å². The van der Waals surface area contributed by atoms with Crippen LogP contribution in [0.4, 0.5) is 5.69 Å². The van der Waals surface area contributed by atoms with Crippen molar-refractivity contribution in [3.05, 3.63) is 30.3 Å². The van der Waals surface area contributed by atoms with Crippen LogP contribution in [0, 0.1) is 5.92 Å². The molecule has 1 atom stereocenters. The van der Waals surface area contributed by atoms with Crippen molar-refractivity contribution >= 4 is 5.69 Å². The topological polar surface area (TPSA) is 29.3 Å². The molecule has 0 saturated heterocycles. The van der Waals surface area contributed by atoms with Crippen LogP contribution in [0.1, 0.15) is 32.1 Å². The Balaban J connectivity index is 2.06. The summed E-state index contributed by atoms with van der Waals surface area (Å²) in [6.45, 7) is 0.760. The zero-order valence-corrected chi connectivity index (χ0v) is 10.8. The molecule has 1 unspecified atom stereocenters. The molecule has 0 amide bonds. The van der Waals surface area contributed by atoms with Gasteiger partial charge in [-0.3, -0.25) is 0 Å². The van der Waals surface area contributed by atoms with E-state index in [2.05, 4.69) is 42.3 Å². The van der Waals surface area contributed by atoms with Gasteiger partial charge in [0.1, 0.15) is 0 Å². The van der Waals surface area contributed by atoms with Gasteiger partial charge in [0.25, 0.3) is 0 Å². The van der Waals surface area contributed by atoms with Crippen LogP contribution in [0.3, 0.4) is 0 Å². The highest BCUT2D eigenvalue weighted by Crippen LogP contribution is 2.30. The van der Waals surface area contributed by atoms with Crippen molar-refractivity contribution in [1.82, 2.24) is 0 Å². The highest BCUT2D eigenvalue weighted by molar-refractivity contribution is 5.46. The van der Waals surface area contributed by atoms with E-state index in [4.69, 9.17) is 5.73 Å². The summed E-state index contributed by atoms with van der Waals surface area (Å²) in [7, 11) is 2.18. The van der Waals surface area contributed by atoms with Crippen LogP contribution in [0.25, 0.3) is 0 Å². The fourth-order valence-electron chi connectivity index (χ4n) is 3.04. The zero-order chi connectivity index (χ0) is 12.1. The van der Waals surface area contributed by atoms with E-state index < -0.39 is 0 Å². The van der Waals surface area contributed by atoms with Crippen LogP contribution in [0.2, 0.25) is 0 Å². The molecule has 0 aromatic heterocycles. The van der Waals surface area contributed by atoms with E-state index in [1.165, 1.54) is 37.8 Å². The van der Waals surface area contributed by atoms with Gasteiger partial charge in [-0.1, -0.05) is 37.5 Å². The molecule has 0 bridgehead atoms. The van der Waals surface area contributed by atoms with Crippen molar-refractivity contribution in [1.29, 1.82) is 0 Å². The Morgan fingerprint density at radius 1 is 1.18 bits per heavy atom. The maximum Gasteiger partial charge on any atom is 0.0437 e. The molecule has 2 nitrogen and oxygen atoms in total. The minimum atomic E-state index is 0.498. The molecule has 1 saturated carbocycles. The van der Waals surface area contributed by atoms with Crippen LogP contribution < -0.4 is 10.6 Å². The van der Waals surface area contributed by atoms with Crippen LogP contribution >= 0.6 is 0 Å². The van der Waals surface area contributed by atoms with Gasteiger partial charge in [-0.25, -0.2) is 0 Å². The van der Waals surface area contributed by atoms with Crippen molar-refractivity contribution in [2.75, 3.05) is 18.5 Å². The minimum absolute atomic E-state index is 0.498. The fourth-order valence-corrected chi connectivity index (χ4v) is 3.04. The second-order valence-corrected chi connectivity index (χ2v) is 5.15. The lowest BCUT2D eigenvalue weighted by molar-refractivity contribution is 0.302. The van der Waals surface area contributed by atoms with E-state index in [1.807, 2.05) is 0 Å². The van der Waals surface area contributed by atoms with Gasteiger partial charge in [0.15, 0.2) is 0 Å². The molecule has 1 aliphatic rings. The molecule has 17 heavy (non-hydrogen) atoms. The van der Waals surface area contributed by atoms with Gasteiger partial charge in [0.05, 0.1) is 0 Å². The lowest BCUT2D eigenvalue weighted by Gasteiger charge is -2.37. The Morgan fingerprint density at radius 3 is 2.41 bits per heavy atom. The summed E-state index contributed by atoms with van der Waals surface area (Å²) in [4.78, 5) is 2.37. The predicted octanol–water partition coefficient (Wildman–Crippen LogP) is 3.03. The largest absolute Gasteiger partial charge is 0.370 e. The third-order valence-electron chi connectivity index (χ3n) is 4.10. The molecule has 1 aromatic carbocycles. The number of rotatable bonds is 4. The van der Waals surface area contributed by atoms with Gasteiger partial charge in [-0.05, 0) is 30.9 Å². The van der Waals surface area contributed by atoms with Crippen molar-refractivity contribution in [2.24, 2.45) is 11.7 Å². The van der Waals surface area contributed by atoms with E-state index in [0.29, 0.717) is 6.04 Å². The summed E-state index contributed by atoms with van der Waals surface area (Å²) in [5.74, 6) is 0.777. The first-order chi connectivity index (χ1) is 8.33. The third kappa shape index (κ3) is 3.01. The quantitative estimate of drug-likeness (QED) is 0.864. The third-order valence-corrected chi connectivity index (χ3v) is 4.10. The lowest BCUT2D eigenvalue weighted by Crippen LogP contribution is -2.44. The smallest absolute Gasteiger partial charge is 0.0437 e. The number of benzene rings is 1. The minimum Gasteiger partial charge on any atom is -0.370 e. The number of para-hydroxylation sites is 1. The lowest BCUT2D eigenvalue weighted by atomic mass is 9.83. The molecule has 94 valence electrons. The van der Waals surface area contributed by atoms with E-state index >= 15 is 0 Å². The molecule has 0 heterocycles. The SMILES string of the molecule is CN(c1ccccc1)C(CN)C1CCCCC1. The Labute approximate surface area is 105 Å². The first-order valence-electron chi connectivity index (χ1n) is 6.81. The van der Waals surface area contributed by atoms with Gasteiger partial charge in [-0.15, -0.1) is 0 Å². The first-order valence-corrected chi connectivity index (χ1v) is 6.81. The number of hydrogen-bond acceptors (Lipinski definition) is 2. The molecule has 1 aliphatic carbocycles. The maximum atomic E-state index is 6.00. The number of hydrogen-bond donors (Lipinski definition) is 1. The molecule has 0 spiro atoms. The van der Waals surface area contributed by atoms with Gasteiger partial charge in [-0.2, -0.15) is 0 Å². The highest BCUT2D eigenvalue weighted by Gasteiger charge is 2.25.